The van der Waals surface area contributed by atoms with Crippen LogP contribution in [0.2, 0.25) is 0 Å². The highest BCUT2D eigenvalue weighted by atomic mass is 35.5. The highest BCUT2D eigenvalue weighted by Gasteiger charge is 2.29. The van der Waals surface area contributed by atoms with E-state index in [2.05, 4.69) is 25.7 Å². The molecule has 0 aliphatic heterocycles. The minimum absolute atomic E-state index is 0.163. The zero-order valence-corrected chi connectivity index (χ0v) is 13.9. The molecule has 0 aromatic heterocycles. The van der Waals surface area contributed by atoms with Crippen LogP contribution in [-0.2, 0) is 4.79 Å². The summed E-state index contributed by atoms with van der Waals surface area (Å²) in [7, 11) is 0. The van der Waals surface area contributed by atoms with Gasteiger partial charge in [0.05, 0.1) is 15.6 Å². The molecule has 1 rings (SSSR count). The third-order valence-corrected chi connectivity index (χ3v) is 5.03. The van der Waals surface area contributed by atoms with E-state index < -0.39 is 0 Å². The molecule has 1 N–H and O–H groups in total. The molecule has 0 bridgehead atoms. The van der Waals surface area contributed by atoms with Gasteiger partial charge in [-0.2, -0.15) is 0 Å². The predicted molar refractivity (Wildman–Crippen MR) is 86.8 cm³/mol. The van der Waals surface area contributed by atoms with Crippen molar-refractivity contribution in [3.63, 3.8) is 0 Å². The maximum Gasteiger partial charge on any atom is 0.252 e. The van der Waals surface area contributed by atoms with Crippen LogP contribution < -0.4 is 5.32 Å². The van der Waals surface area contributed by atoms with Crippen LogP contribution in [0.15, 0.2) is 34.4 Å². The average Bonchev–Trinajstić information content (AvgIpc) is 2.43. The van der Waals surface area contributed by atoms with E-state index in [9.17, 15) is 4.79 Å². The van der Waals surface area contributed by atoms with Crippen molar-refractivity contribution in [3.05, 3.63) is 34.4 Å². The molecule has 3 unspecified atom stereocenters. The zero-order chi connectivity index (χ0) is 15.3. The van der Waals surface area contributed by atoms with Crippen molar-refractivity contribution < 1.29 is 4.79 Å². The Labute approximate surface area is 131 Å². The first-order valence-corrected chi connectivity index (χ1v) is 7.83. The molecule has 1 aliphatic rings. The minimum Gasteiger partial charge on any atom is -0.349 e. The monoisotopic (exact) mass is 315 g/mol. The molecular weight excluding hydrogens is 293 g/mol. The first-order chi connectivity index (χ1) is 9.42. The van der Waals surface area contributed by atoms with E-state index in [1.807, 2.05) is 0 Å². The summed E-state index contributed by atoms with van der Waals surface area (Å²) in [5.74, 6) is 0.942. The number of hydrogen-bond donors (Lipinski definition) is 1. The Morgan fingerprint density at radius 2 is 1.95 bits per heavy atom. The average molecular weight is 316 g/mol. The Hall–Kier alpha value is -0.730. The third kappa shape index (κ3) is 4.13. The number of allylic oxidation sites excluding steroid dienone is 3. The second-order valence-corrected chi connectivity index (χ2v) is 6.20. The van der Waals surface area contributed by atoms with E-state index >= 15 is 0 Å². The van der Waals surface area contributed by atoms with Gasteiger partial charge in [-0.15, -0.1) is 0 Å². The number of amides is 1. The summed E-state index contributed by atoms with van der Waals surface area (Å²) in [6.45, 7) is 9.77. The second kappa shape index (κ2) is 7.90. The van der Waals surface area contributed by atoms with Gasteiger partial charge < -0.3 is 5.32 Å². The second-order valence-electron chi connectivity index (χ2n) is 5.42. The van der Waals surface area contributed by atoms with E-state index in [4.69, 9.17) is 23.2 Å². The first-order valence-electron chi connectivity index (χ1n) is 7.07. The molecule has 0 aromatic rings. The highest BCUT2D eigenvalue weighted by Crippen LogP contribution is 2.30. The number of nitrogens with one attached hydrogen (secondary N) is 1. The molecule has 0 aromatic carbocycles. The van der Waals surface area contributed by atoms with Gasteiger partial charge in [0.15, 0.2) is 0 Å². The molecule has 0 heterocycles. The summed E-state index contributed by atoms with van der Waals surface area (Å²) in [5.41, 5.74) is 0.405. The van der Waals surface area contributed by atoms with Crippen molar-refractivity contribution in [1.82, 2.24) is 5.32 Å². The molecule has 1 amide bonds. The van der Waals surface area contributed by atoms with E-state index in [1.54, 1.807) is 13.0 Å². The third-order valence-electron chi connectivity index (χ3n) is 4.18. The number of carbonyl (C=O) groups excluding carboxylic acids is 1. The molecule has 2 nitrogen and oxygen atoms in total. The van der Waals surface area contributed by atoms with Gasteiger partial charge in [0.2, 0.25) is 0 Å². The molecule has 3 atom stereocenters. The van der Waals surface area contributed by atoms with Gasteiger partial charge in [0.1, 0.15) is 0 Å². The highest BCUT2D eigenvalue weighted by molar-refractivity contribution is 6.43. The smallest absolute Gasteiger partial charge is 0.252 e. The van der Waals surface area contributed by atoms with Crippen LogP contribution in [-0.4, -0.2) is 11.9 Å². The van der Waals surface area contributed by atoms with Gasteiger partial charge in [-0.1, -0.05) is 62.5 Å². The van der Waals surface area contributed by atoms with Crippen molar-refractivity contribution in [2.24, 2.45) is 11.8 Å². The maximum atomic E-state index is 12.4. The van der Waals surface area contributed by atoms with Crippen LogP contribution in [0, 0.1) is 11.8 Å². The molecular formula is C16H23Cl2NO. The molecule has 0 radical (unpaired) electrons. The molecule has 1 aliphatic carbocycles. The minimum atomic E-state index is -0.163. The summed E-state index contributed by atoms with van der Waals surface area (Å²) in [6.07, 6.45) is 6.52. The van der Waals surface area contributed by atoms with Crippen LogP contribution in [0.1, 0.15) is 40.0 Å². The lowest BCUT2D eigenvalue weighted by Gasteiger charge is -2.34. The Bertz CT molecular complexity index is 440. The van der Waals surface area contributed by atoms with E-state index in [0.717, 1.165) is 12.8 Å². The summed E-state index contributed by atoms with van der Waals surface area (Å²) < 4.78 is 0. The number of halogens is 2. The lowest BCUT2D eigenvalue weighted by Crippen LogP contribution is -2.44. The molecule has 0 spiro atoms. The number of carbonyl (C=O) groups is 1. The van der Waals surface area contributed by atoms with Crippen molar-refractivity contribution in [2.45, 2.75) is 46.1 Å². The Morgan fingerprint density at radius 3 is 2.50 bits per heavy atom. The SMILES string of the molecule is C=C/C(Cl)=C(Cl)\C(=C/C)C(=O)NC1CCCC(C)C1C. The van der Waals surface area contributed by atoms with E-state index in [0.29, 0.717) is 22.4 Å². The Balaban J connectivity index is 2.82. The maximum absolute atomic E-state index is 12.4. The van der Waals surface area contributed by atoms with Crippen LogP contribution in [0.3, 0.4) is 0 Å². The quantitative estimate of drug-likeness (QED) is 0.588. The topological polar surface area (TPSA) is 29.1 Å². The zero-order valence-electron chi connectivity index (χ0n) is 12.4. The number of rotatable bonds is 4. The fourth-order valence-corrected chi connectivity index (χ4v) is 2.98. The van der Waals surface area contributed by atoms with Crippen LogP contribution in [0.25, 0.3) is 0 Å². The summed E-state index contributed by atoms with van der Waals surface area (Å²) >= 11 is 12.1. The molecule has 4 heteroatoms. The van der Waals surface area contributed by atoms with E-state index in [1.165, 1.54) is 12.5 Å². The predicted octanol–water partition coefficient (Wildman–Crippen LogP) is 4.75. The van der Waals surface area contributed by atoms with Crippen LogP contribution in [0.4, 0.5) is 0 Å². The fraction of sp³-hybridized carbons (Fsp3) is 0.562. The lowest BCUT2D eigenvalue weighted by molar-refractivity contribution is -0.118. The Morgan fingerprint density at radius 1 is 1.30 bits per heavy atom. The molecule has 20 heavy (non-hydrogen) atoms. The largest absolute Gasteiger partial charge is 0.349 e. The van der Waals surface area contributed by atoms with Crippen molar-refractivity contribution >= 4 is 29.1 Å². The van der Waals surface area contributed by atoms with Crippen LogP contribution >= 0.6 is 23.2 Å². The van der Waals surface area contributed by atoms with Gasteiger partial charge in [-0.3, -0.25) is 4.79 Å². The van der Waals surface area contributed by atoms with E-state index in [-0.39, 0.29) is 17.0 Å². The molecule has 0 saturated heterocycles. The lowest BCUT2D eigenvalue weighted by atomic mass is 9.78. The van der Waals surface area contributed by atoms with Gasteiger partial charge in [-0.05, 0) is 31.3 Å². The van der Waals surface area contributed by atoms with Crippen LogP contribution in [0.5, 0.6) is 0 Å². The molecule has 1 saturated carbocycles. The van der Waals surface area contributed by atoms with Crippen molar-refractivity contribution in [1.29, 1.82) is 0 Å². The molecule has 112 valence electrons. The standard InChI is InChI=1S/C16H23Cl2NO/c1-5-12(15(18)13(17)6-2)16(20)19-14-9-7-8-10(3)11(14)4/h5-6,10-11,14H,2,7-9H2,1,3-4H3,(H,19,20)/b12-5+,15-13-. The summed E-state index contributed by atoms with van der Waals surface area (Å²) in [6, 6.07) is 0.202. The summed E-state index contributed by atoms with van der Waals surface area (Å²) in [4.78, 5) is 12.4. The number of hydrogen-bond acceptors (Lipinski definition) is 1. The van der Waals surface area contributed by atoms with Gasteiger partial charge >= 0.3 is 0 Å². The van der Waals surface area contributed by atoms with Gasteiger partial charge in [0.25, 0.3) is 5.91 Å². The molecule has 1 fully saturated rings. The summed E-state index contributed by atoms with van der Waals surface area (Å²) in [5, 5.41) is 3.63. The van der Waals surface area contributed by atoms with Gasteiger partial charge in [0, 0.05) is 6.04 Å². The fourth-order valence-electron chi connectivity index (χ4n) is 2.61. The van der Waals surface area contributed by atoms with Crippen molar-refractivity contribution in [3.8, 4) is 0 Å². The Kier molecular flexibility index (Phi) is 6.84. The van der Waals surface area contributed by atoms with Gasteiger partial charge in [-0.25, -0.2) is 0 Å². The first kappa shape index (κ1) is 17.3. The van der Waals surface area contributed by atoms with Crippen molar-refractivity contribution in [2.75, 3.05) is 0 Å². The normalized spacial score (nSPS) is 28.6.